The number of aromatic nitrogens is 4. The first-order chi connectivity index (χ1) is 11.8. The van der Waals surface area contributed by atoms with Crippen LogP contribution >= 0.6 is 11.6 Å². The zero-order valence-corrected chi connectivity index (χ0v) is 15.8. The Hall–Kier alpha value is -2.34. The number of fused-ring (bicyclic) bond motifs is 1. The summed E-state index contributed by atoms with van der Waals surface area (Å²) < 4.78 is 7.53. The number of nitrogens with zero attached hydrogens (tertiary/aromatic N) is 4. The lowest BCUT2D eigenvalue weighted by Gasteiger charge is -2.13. The van der Waals surface area contributed by atoms with Gasteiger partial charge in [0.25, 0.3) is 0 Å². The van der Waals surface area contributed by atoms with Crippen molar-refractivity contribution in [3.05, 3.63) is 39.9 Å². The highest BCUT2D eigenvalue weighted by Crippen LogP contribution is 2.33. The lowest BCUT2D eigenvalue weighted by molar-refractivity contribution is 0.405. The molecule has 7 heteroatoms. The van der Waals surface area contributed by atoms with Crippen molar-refractivity contribution in [3.8, 4) is 5.75 Å². The van der Waals surface area contributed by atoms with Gasteiger partial charge in [0.05, 0.1) is 24.7 Å². The maximum absolute atomic E-state index is 6.35. The molecule has 132 valence electrons. The molecule has 3 aromatic heterocycles. The van der Waals surface area contributed by atoms with E-state index in [0.29, 0.717) is 17.6 Å². The third-order valence-corrected chi connectivity index (χ3v) is 4.72. The monoisotopic (exact) mass is 359 g/mol. The molecule has 0 atom stereocenters. The lowest BCUT2D eigenvalue weighted by atomic mass is 10.0. The number of aryl methyl sites for hydroxylation is 1. The topological polar surface area (TPSA) is 78.8 Å². The summed E-state index contributed by atoms with van der Waals surface area (Å²) in [6.07, 6.45) is 3.95. The quantitative estimate of drug-likeness (QED) is 0.715. The fourth-order valence-electron chi connectivity index (χ4n) is 3.14. The largest absolute Gasteiger partial charge is 0.495 e. The van der Waals surface area contributed by atoms with Crippen molar-refractivity contribution < 1.29 is 4.74 Å². The van der Waals surface area contributed by atoms with Gasteiger partial charge in [-0.25, -0.2) is 4.98 Å². The van der Waals surface area contributed by atoms with E-state index in [9.17, 15) is 0 Å². The van der Waals surface area contributed by atoms with Gasteiger partial charge in [0.15, 0.2) is 0 Å². The summed E-state index contributed by atoms with van der Waals surface area (Å²) in [5.74, 6) is 1.27. The summed E-state index contributed by atoms with van der Waals surface area (Å²) in [6, 6.07) is 0. The molecule has 2 N–H and O–H groups in total. The number of nitrogens with two attached hydrogens (primary N) is 1. The van der Waals surface area contributed by atoms with Crippen LogP contribution in [0.1, 0.15) is 42.1 Å². The van der Waals surface area contributed by atoms with E-state index >= 15 is 0 Å². The highest BCUT2D eigenvalue weighted by Gasteiger charge is 2.19. The Morgan fingerprint density at radius 3 is 2.64 bits per heavy atom. The average molecular weight is 360 g/mol. The van der Waals surface area contributed by atoms with Crippen molar-refractivity contribution in [2.75, 3.05) is 12.8 Å². The van der Waals surface area contributed by atoms with Crippen LogP contribution in [-0.4, -0.2) is 26.6 Å². The summed E-state index contributed by atoms with van der Waals surface area (Å²) in [5, 5.41) is 1.25. The molecule has 0 bridgehead atoms. The summed E-state index contributed by atoms with van der Waals surface area (Å²) in [4.78, 5) is 13.0. The molecule has 0 aliphatic heterocycles. The second-order valence-electron chi connectivity index (χ2n) is 6.47. The molecule has 0 spiro atoms. The summed E-state index contributed by atoms with van der Waals surface area (Å²) >= 11 is 6.35. The second-order valence-corrected chi connectivity index (χ2v) is 6.82. The van der Waals surface area contributed by atoms with E-state index in [1.807, 2.05) is 24.6 Å². The Labute approximate surface area is 152 Å². The molecule has 0 saturated heterocycles. The fourth-order valence-corrected chi connectivity index (χ4v) is 3.42. The van der Waals surface area contributed by atoms with E-state index in [1.54, 1.807) is 7.11 Å². The van der Waals surface area contributed by atoms with Crippen LogP contribution < -0.4 is 10.5 Å². The number of nitrogen functional groups attached to an aromatic ring is 1. The Morgan fingerprint density at radius 2 is 2.00 bits per heavy atom. The molecule has 0 saturated carbocycles. The van der Waals surface area contributed by atoms with Crippen molar-refractivity contribution in [1.29, 1.82) is 0 Å². The van der Waals surface area contributed by atoms with E-state index in [4.69, 9.17) is 22.1 Å². The van der Waals surface area contributed by atoms with Crippen molar-refractivity contribution >= 4 is 28.6 Å². The number of pyridine rings is 1. The van der Waals surface area contributed by atoms with Gasteiger partial charge in [0.1, 0.15) is 16.5 Å². The van der Waals surface area contributed by atoms with Gasteiger partial charge in [-0.3, -0.25) is 4.98 Å². The van der Waals surface area contributed by atoms with Crippen LogP contribution in [-0.2, 0) is 6.54 Å². The molecular weight excluding hydrogens is 338 g/mol. The molecule has 6 nitrogen and oxygen atoms in total. The van der Waals surface area contributed by atoms with Gasteiger partial charge in [-0.2, -0.15) is 4.98 Å². The van der Waals surface area contributed by atoms with Crippen molar-refractivity contribution in [3.63, 3.8) is 0 Å². The fraction of sp³-hybridized carbons (Fsp3) is 0.389. The molecule has 0 aliphatic rings. The SMILES string of the molecule is COc1c(C)ncc(Cn2cc(C(C)C)c3c(Cl)nc(N)nc32)c1C. The molecule has 0 unspecified atom stereocenters. The normalized spacial score (nSPS) is 11.5. The number of methoxy groups -OCH3 is 1. The van der Waals surface area contributed by atoms with Crippen LogP contribution in [0.4, 0.5) is 5.95 Å². The lowest BCUT2D eigenvalue weighted by Crippen LogP contribution is -2.06. The molecule has 0 fully saturated rings. The van der Waals surface area contributed by atoms with Crippen LogP contribution in [0.25, 0.3) is 11.0 Å². The number of ether oxygens (including phenoxy) is 1. The van der Waals surface area contributed by atoms with Crippen LogP contribution in [0.3, 0.4) is 0 Å². The van der Waals surface area contributed by atoms with Crippen molar-refractivity contribution in [1.82, 2.24) is 19.5 Å². The van der Waals surface area contributed by atoms with E-state index < -0.39 is 0 Å². The van der Waals surface area contributed by atoms with Gasteiger partial charge in [0.2, 0.25) is 5.95 Å². The van der Waals surface area contributed by atoms with E-state index in [1.165, 1.54) is 0 Å². The number of rotatable bonds is 4. The molecule has 0 aliphatic carbocycles. The Morgan fingerprint density at radius 1 is 1.28 bits per heavy atom. The first-order valence-corrected chi connectivity index (χ1v) is 8.52. The van der Waals surface area contributed by atoms with E-state index in [-0.39, 0.29) is 5.95 Å². The van der Waals surface area contributed by atoms with Crippen LogP contribution in [0, 0.1) is 13.8 Å². The zero-order valence-electron chi connectivity index (χ0n) is 15.1. The zero-order chi connectivity index (χ0) is 18.3. The minimum atomic E-state index is 0.170. The maximum Gasteiger partial charge on any atom is 0.223 e. The Balaban J connectivity index is 2.17. The average Bonchev–Trinajstić information content (AvgIpc) is 2.90. The highest BCUT2D eigenvalue weighted by molar-refractivity contribution is 6.34. The van der Waals surface area contributed by atoms with Gasteiger partial charge in [-0.1, -0.05) is 25.4 Å². The van der Waals surface area contributed by atoms with E-state index in [2.05, 4.69) is 35.0 Å². The van der Waals surface area contributed by atoms with Crippen molar-refractivity contribution in [2.24, 2.45) is 0 Å². The third kappa shape index (κ3) is 3.02. The van der Waals surface area contributed by atoms with Crippen LogP contribution in [0.15, 0.2) is 12.4 Å². The molecule has 0 aromatic carbocycles. The number of hydrogen-bond donors (Lipinski definition) is 1. The smallest absolute Gasteiger partial charge is 0.223 e. The minimum Gasteiger partial charge on any atom is -0.495 e. The highest BCUT2D eigenvalue weighted by atomic mass is 35.5. The predicted molar refractivity (Wildman–Crippen MR) is 100 cm³/mol. The predicted octanol–water partition coefficient (Wildman–Crippen LogP) is 3.86. The van der Waals surface area contributed by atoms with Crippen LogP contribution in [0.5, 0.6) is 5.75 Å². The molecular formula is C18H22ClN5O. The number of halogens is 1. The molecule has 0 radical (unpaired) electrons. The molecule has 0 amide bonds. The Kier molecular flexibility index (Phi) is 4.56. The van der Waals surface area contributed by atoms with Gasteiger partial charge < -0.3 is 15.0 Å². The molecule has 3 aromatic rings. The molecule has 3 heterocycles. The van der Waals surface area contributed by atoms with Gasteiger partial charge >= 0.3 is 0 Å². The summed E-state index contributed by atoms with van der Waals surface area (Å²) in [6.45, 7) is 8.81. The second kappa shape index (κ2) is 6.52. The van der Waals surface area contributed by atoms with Crippen molar-refractivity contribution in [2.45, 2.75) is 40.2 Å². The first-order valence-electron chi connectivity index (χ1n) is 8.14. The molecule has 25 heavy (non-hydrogen) atoms. The summed E-state index contributed by atoms with van der Waals surface area (Å²) in [7, 11) is 1.66. The van der Waals surface area contributed by atoms with E-state index in [0.717, 1.165) is 39.2 Å². The standard InChI is InChI=1S/C18H22ClN5O/c1-9(2)13-8-24(17-14(13)16(19)22-18(20)23-17)7-12-6-21-11(4)15(25-5)10(12)3/h6,8-9H,7H2,1-5H3,(H2,20,22,23). The third-order valence-electron chi connectivity index (χ3n) is 4.45. The Bertz CT molecular complexity index is 949. The van der Waals surface area contributed by atoms with Gasteiger partial charge in [-0.05, 0) is 36.5 Å². The number of hydrogen-bond acceptors (Lipinski definition) is 5. The van der Waals surface area contributed by atoms with Gasteiger partial charge in [0, 0.05) is 12.4 Å². The van der Waals surface area contributed by atoms with Gasteiger partial charge in [-0.15, -0.1) is 0 Å². The first kappa shape index (κ1) is 17.5. The maximum atomic E-state index is 6.35. The molecule has 3 rings (SSSR count). The van der Waals surface area contributed by atoms with Crippen LogP contribution in [0.2, 0.25) is 5.15 Å². The summed E-state index contributed by atoms with van der Waals surface area (Å²) in [5.41, 5.74) is 10.7. The number of anilines is 1. The minimum absolute atomic E-state index is 0.170.